The van der Waals surface area contributed by atoms with Crippen LogP contribution < -0.4 is 11.5 Å². The molecule has 0 bridgehead atoms. The molecular formula is C9H10N6O2S. The number of rotatable bonds is 5. The van der Waals surface area contributed by atoms with Gasteiger partial charge in [0.25, 0.3) is 5.91 Å². The molecule has 0 aliphatic heterocycles. The Labute approximate surface area is 106 Å². The van der Waals surface area contributed by atoms with E-state index >= 15 is 0 Å². The number of nitrogens with one attached hydrogen (secondary N) is 1. The highest BCUT2D eigenvalue weighted by Crippen LogP contribution is 2.12. The standard InChI is InChI=1S/C9H10N6O2S/c10-8(16)7(6-3-18-9(11)14-6)15-17-2-5-1-12-4-13-5/h1,3-4H,2H2,(H2,10,16)(H2,11,14)(H,12,13)/b15-7+. The molecule has 0 radical (unpaired) electrons. The number of nitrogens with two attached hydrogens (primary N) is 2. The van der Waals surface area contributed by atoms with E-state index in [1.807, 2.05) is 0 Å². The molecule has 0 spiro atoms. The summed E-state index contributed by atoms with van der Waals surface area (Å²) in [7, 11) is 0. The third-order valence-electron chi connectivity index (χ3n) is 1.93. The minimum absolute atomic E-state index is 0.0672. The maximum absolute atomic E-state index is 11.2. The maximum atomic E-state index is 11.2. The number of primary amides is 1. The van der Waals surface area contributed by atoms with Gasteiger partial charge in [0.05, 0.1) is 18.2 Å². The van der Waals surface area contributed by atoms with Gasteiger partial charge in [-0.2, -0.15) is 0 Å². The van der Waals surface area contributed by atoms with Crippen LogP contribution >= 0.6 is 11.3 Å². The van der Waals surface area contributed by atoms with Crippen LogP contribution in [0.15, 0.2) is 23.1 Å². The van der Waals surface area contributed by atoms with Crippen LogP contribution in [0, 0.1) is 0 Å². The molecule has 0 saturated heterocycles. The van der Waals surface area contributed by atoms with E-state index in [0.717, 1.165) is 5.69 Å². The number of hydrogen-bond acceptors (Lipinski definition) is 7. The fraction of sp³-hybridized carbons (Fsp3) is 0.111. The van der Waals surface area contributed by atoms with Gasteiger partial charge in [0.2, 0.25) is 0 Å². The summed E-state index contributed by atoms with van der Waals surface area (Å²) in [6, 6.07) is 0. The van der Waals surface area contributed by atoms with Crippen LogP contribution in [0.1, 0.15) is 11.4 Å². The van der Waals surface area contributed by atoms with Crippen molar-refractivity contribution < 1.29 is 9.63 Å². The van der Waals surface area contributed by atoms with Crippen molar-refractivity contribution in [3.05, 3.63) is 29.3 Å². The predicted molar refractivity (Wildman–Crippen MR) is 65.6 cm³/mol. The number of imidazole rings is 1. The number of carbonyl (C=O) groups excluding carboxylic acids is 1. The average Bonchev–Trinajstić information content (AvgIpc) is 2.95. The second-order valence-electron chi connectivity index (χ2n) is 3.23. The summed E-state index contributed by atoms with van der Waals surface area (Å²) in [6.45, 7) is 0.149. The highest BCUT2D eigenvalue weighted by atomic mass is 32.1. The number of H-pyrrole nitrogens is 1. The SMILES string of the molecule is NC(=O)/C(=N/OCc1cnc[nH]1)c1csc(N)n1. The molecule has 1 amide bonds. The summed E-state index contributed by atoms with van der Waals surface area (Å²) >= 11 is 1.19. The largest absolute Gasteiger partial charge is 0.389 e. The summed E-state index contributed by atoms with van der Waals surface area (Å²) in [5, 5.41) is 5.57. The van der Waals surface area contributed by atoms with Crippen molar-refractivity contribution in [2.45, 2.75) is 6.61 Å². The Morgan fingerprint density at radius 1 is 1.61 bits per heavy atom. The highest BCUT2D eigenvalue weighted by Gasteiger charge is 2.14. The maximum Gasteiger partial charge on any atom is 0.273 e. The Bertz CT molecular complexity index is 561. The number of aromatic amines is 1. The fourth-order valence-electron chi connectivity index (χ4n) is 1.14. The molecule has 0 saturated carbocycles. The molecule has 2 rings (SSSR count). The van der Waals surface area contributed by atoms with E-state index in [1.165, 1.54) is 17.7 Å². The number of hydrogen-bond donors (Lipinski definition) is 3. The molecule has 8 nitrogen and oxygen atoms in total. The van der Waals surface area contributed by atoms with Gasteiger partial charge in [-0.3, -0.25) is 4.79 Å². The van der Waals surface area contributed by atoms with Crippen molar-refractivity contribution in [3.8, 4) is 0 Å². The van der Waals surface area contributed by atoms with E-state index in [0.29, 0.717) is 10.8 Å². The second-order valence-corrected chi connectivity index (χ2v) is 4.12. The van der Waals surface area contributed by atoms with E-state index in [1.54, 1.807) is 11.6 Å². The van der Waals surface area contributed by atoms with Crippen LogP contribution in [0.25, 0.3) is 0 Å². The van der Waals surface area contributed by atoms with Crippen molar-refractivity contribution in [2.24, 2.45) is 10.9 Å². The Morgan fingerprint density at radius 3 is 3.00 bits per heavy atom. The number of carbonyl (C=O) groups is 1. The number of amides is 1. The monoisotopic (exact) mass is 266 g/mol. The summed E-state index contributed by atoms with van der Waals surface area (Å²) in [5.74, 6) is -0.732. The van der Waals surface area contributed by atoms with Crippen molar-refractivity contribution in [3.63, 3.8) is 0 Å². The Kier molecular flexibility index (Phi) is 3.53. The van der Waals surface area contributed by atoms with Crippen molar-refractivity contribution in [2.75, 3.05) is 5.73 Å². The topological polar surface area (TPSA) is 132 Å². The smallest absolute Gasteiger partial charge is 0.273 e. The van der Waals surface area contributed by atoms with Gasteiger partial charge in [0.15, 0.2) is 17.5 Å². The van der Waals surface area contributed by atoms with E-state index in [-0.39, 0.29) is 12.3 Å². The van der Waals surface area contributed by atoms with Gasteiger partial charge >= 0.3 is 0 Å². The summed E-state index contributed by atoms with van der Waals surface area (Å²) in [5.41, 5.74) is 11.6. The molecule has 0 fully saturated rings. The lowest BCUT2D eigenvalue weighted by Crippen LogP contribution is -2.25. The van der Waals surface area contributed by atoms with Gasteiger partial charge < -0.3 is 21.3 Å². The van der Waals surface area contributed by atoms with Gasteiger partial charge in [-0.25, -0.2) is 9.97 Å². The third kappa shape index (κ3) is 2.83. The van der Waals surface area contributed by atoms with Gasteiger partial charge in [-0.15, -0.1) is 11.3 Å². The van der Waals surface area contributed by atoms with E-state index < -0.39 is 5.91 Å². The lowest BCUT2D eigenvalue weighted by molar-refractivity contribution is -0.112. The summed E-state index contributed by atoms with van der Waals surface area (Å²) in [4.78, 5) is 26.8. The molecule has 94 valence electrons. The molecule has 0 aliphatic rings. The Balaban J connectivity index is 2.08. The van der Waals surface area contributed by atoms with Crippen LogP contribution in [0.2, 0.25) is 0 Å². The van der Waals surface area contributed by atoms with E-state index in [9.17, 15) is 4.79 Å². The van der Waals surface area contributed by atoms with Gasteiger partial charge in [-0.05, 0) is 0 Å². The first-order valence-corrected chi connectivity index (χ1v) is 5.73. The molecule has 2 aromatic heterocycles. The quantitative estimate of drug-likeness (QED) is 0.511. The molecule has 2 heterocycles. The molecule has 2 aromatic rings. The van der Waals surface area contributed by atoms with Crippen LogP contribution in [0.5, 0.6) is 0 Å². The molecule has 5 N–H and O–H groups in total. The first kappa shape index (κ1) is 12.0. The first-order valence-electron chi connectivity index (χ1n) is 4.85. The number of anilines is 1. The second kappa shape index (κ2) is 5.27. The molecule has 0 unspecified atom stereocenters. The molecule has 0 aromatic carbocycles. The number of thiazole rings is 1. The number of aromatic nitrogens is 3. The van der Waals surface area contributed by atoms with Crippen LogP contribution in [-0.4, -0.2) is 26.6 Å². The zero-order valence-electron chi connectivity index (χ0n) is 9.16. The molecular weight excluding hydrogens is 256 g/mol. The van der Waals surface area contributed by atoms with Crippen molar-refractivity contribution in [1.82, 2.24) is 15.0 Å². The third-order valence-corrected chi connectivity index (χ3v) is 2.60. The minimum Gasteiger partial charge on any atom is -0.389 e. The van der Waals surface area contributed by atoms with Gasteiger partial charge in [-0.1, -0.05) is 5.16 Å². The zero-order valence-corrected chi connectivity index (χ0v) is 9.98. The minimum atomic E-state index is -0.732. The fourth-order valence-corrected chi connectivity index (χ4v) is 1.69. The number of oxime groups is 1. The van der Waals surface area contributed by atoms with E-state index in [2.05, 4.69) is 20.1 Å². The Morgan fingerprint density at radius 2 is 2.44 bits per heavy atom. The van der Waals surface area contributed by atoms with Crippen LogP contribution in [0.3, 0.4) is 0 Å². The lowest BCUT2D eigenvalue weighted by Gasteiger charge is -1.99. The normalized spacial score (nSPS) is 11.4. The van der Waals surface area contributed by atoms with Crippen molar-refractivity contribution in [1.29, 1.82) is 0 Å². The first-order chi connectivity index (χ1) is 8.66. The lowest BCUT2D eigenvalue weighted by atomic mass is 10.3. The van der Waals surface area contributed by atoms with Crippen LogP contribution in [-0.2, 0) is 16.2 Å². The molecule has 9 heteroatoms. The Hall–Kier alpha value is -2.42. The molecule has 0 atom stereocenters. The highest BCUT2D eigenvalue weighted by molar-refractivity contribution is 7.13. The zero-order chi connectivity index (χ0) is 13.0. The predicted octanol–water partition coefficient (Wildman–Crippen LogP) is -0.145. The molecule has 0 aliphatic carbocycles. The number of nitrogen functional groups attached to an aromatic ring is 1. The summed E-state index contributed by atoms with van der Waals surface area (Å²) in [6.07, 6.45) is 3.10. The average molecular weight is 266 g/mol. The number of nitrogens with zero attached hydrogens (tertiary/aromatic N) is 3. The molecule has 18 heavy (non-hydrogen) atoms. The van der Waals surface area contributed by atoms with Gasteiger partial charge in [0.1, 0.15) is 5.69 Å². The van der Waals surface area contributed by atoms with E-state index in [4.69, 9.17) is 16.3 Å². The summed E-state index contributed by atoms with van der Waals surface area (Å²) < 4.78 is 0. The van der Waals surface area contributed by atoms with Crippen molar-refractivity contribution >= 4 is 28.1 Å². The van der Waals surface area contributed by atoms with Gasteiger partial charge in [0, 0.05) is 5.38 Å². The van der Waals surface area contributed by atoms with Crippen LogP contribution in [0.4, 0.5) is 5.13 Å².